The molecule has 0 unspecified atom stereocenters. The predicted molar refractivity (Wildman–Crippen MR) is 180 cm³/mol. The minimum Gasteiger partial charge on any atom is -0.208 e. The lowest BCUT2D eigenvalue weighted by molar-refractivity contribution is 1.07. The number of fused-ring (bicyclic) bond motifs is 3. The first kappa shape index (κ1) is 25.3. The summed E-state index contributed by atoms with van der Waals surface area (Å²) in [6, 6.07) is 52.7. The Morgan fingerprint density at radius 3 is 1.09 bits per heavy atom. The summed E-state index contributed by atoms with van der Waals surface area (Å²) in [6.45, 7) is 0. The van der Waals surface area contributed by atoms with Crippen LogP contribution in [0.1, 0.15) is 0 Å². The lowest BCUT2D eigenvalue weighted by atomic mass is 9.99. The van der Waals surface area contributed by atoms with Gasteiger partial charge in [-0.25, -0.2) is 15.0 Å². The third-order valence-corrected chi connectivity index (χ3v) is 9.05. The van der Waals surface area contributed by atoms with E-state index in [9.17, 15) is 0 Å². The number of hydrogen-bond donors (Lipinski definition) is 0. The predicted octanol–water partition coefficient (Wildman–Crippen LogP) is 10.6. The van der Waals surface area contributed by atoms with E-state index in [4.69, 9.17) is 15.0 Å². The van der Waals surface area contributed by atoms with Gasteiger partial charge in [0.1, 0.15) is 0 Å². The second kappa shape index (κ2) is 10.8. The fourth-order valence-corrected chi connectivity index (χ4v) is 7.00. The number of nitrogens with zero attached hydrogens (tertiary/aromatic N) is 3. The molecule has 0 bridgehead atoms. The SMILES string of the molecule is c1ccc(-c2nc(-c3ccccc3)nc(-c3ccc(-c4cccc5c4sc4c(-c6ccccc6)cccc45)cc3)n2)cc1. The molecule has 2 heterocycles. The Kier molecular flexibility index (Phi) is 6.32. The van der Waals surface area contributed by atoms with Crippen LogP contribution in [0.15, 0.2) is 152 Å². The molecule has 0 N–H and O–H groups in total. The molecule has 43 heavy (non-hydrogen) atoms. The molecule has 8 aromatic rings. The van der Waals surface area contributed by atoms with Gasteiger partial charge in [0.05, 0.1) is 0 Å². The largest absolute Gasteiger partial charge is 0.208 e. The molecule has 2 aromatic heterocycles. The molecule has 0 aliphatic heterocycles. The van der Waals surface area contributed by atoms with Crippen LogP contribution in [0.4, 0.5) is 0 Å². The lowest BCUT2D eigenvalue weighted by Crippen LogP contribution is -2.00. The molecule has 202 valence electrons. The molecular weight excluding hydrogens is 543 g/mol. The van der Waals surface area contributed by atoms with E-state index in [1.54, 1.807) is 0 Å². The summed E-state index contributed by atoms with van der Waals surface area (Å²) in [4.78, 5) is 14.6. The Hall–Kier alpha value is -5.45. The van der Waals surface area contributed by atoms with Crippen LogP contribution in [0.2, 0.25) is 0 Å². The molecule has 0 aliphatic rings. The van der Waals surface area contributed by atoms with Gasteiger partial charge in [0.2, 0.25) is 0 Å². The number of thiophene rings is 1. The molecule has 0 fully saturated rings. The van der Waals surface area contributed by atoms with Crippen LogP contribution in [0, 0.1) is 0 Å². The summed E-state index contributed by atoms with van der Waals surface area (Å²) < 4.78 is 2.62. The Morgan fingerprint density at radius 2 is 0.651 bits per heavy atom. The van der Waals surface area contributed by atoms with E-state index in [0.717, 1.165) is 16.7 Å². The van der Waals surface area contributed by atoms with Crippen molar-refractivity contribution in [2.45, 2.75) is 0 Å². The topological polar surface area (TPSA) is 38.7 Å². The monoisotopic (exact) mass is 567 g/mol. The zero-order chi connectivity index (χ0) is 28.6. The van der Waals surface area contributed by atoms with Gasteiger partial charge >= 0.3 is 0 Å². The third-order valence-electron chi connectivity index (χ3n) is 7.76. The standard InChI is InChI=1S/C39H25N3S/c1-4-12-26(13-5-1)31-18-10-20-33-34-21-11-19-32(36(34)43-35(31)33)27-22-24-30(25-23-27)39-41-37(28-14-6-2-7-15-28)40-38(42-39)29-16-8-3-9-17-29/h1-25H. The quantitative estimate of drug-likeness (QED) is 0.208. The normalized spacial score (nSPS) is 11.3. The van der Waals surface area contributed by atoms with E-state index in [2.05, 4.69) is 91.0 Å². The van der Waals surface area contributed by atoms with Crippen LogP contribution in [0.3, 0.4) is 0 Å². The maximum atomic E-state index is 4.90. The maximum absolute atomic E-state index is 4.90. The van der Waals surface area contributed by atoms with Crippen molar-refractivity contribution in [3.8, 4) is 56.4 Å². The van der Waals surface area contributed by atoms with E-state index >= 15 is 0 Å². The first-order chi connectivity index (χ1) is 21.3. The average molecular weight is 568 g/mol. The Bertz CT molecular complexity index is 2150. The molecule has 0 saturated carbocycles. The summed E-state index contributed by atoms with van der Waals surface area (Å²) in [5, 5.41) is 2.59. The highest BCUT2D eigenvalue weighted by atomic mass is 32.1. The van der Waals surface area contributed by atoms with Gasteiger partial charge in [-0.15, -0.1) is 11.3 Å². The van der Waals surface area contributed by atoms with E-state index in [1.807, 2.05) is 72.0 Å². The van der Waals surface area contributed by atoms with Crippen LogP contribution in [0.5, 0.6) is 0 Å². The highest BCUT2D eigenvalue weighted by Gasteiger charge is 2.15. The lowest BCUT2D eigenvalue weighted by Gasteiger charge is -2.09. The van der Waals surface area contributed by atoms with Gasteiger partial charge in [-0.05, 0) is 22.3 Å². The minimum atomic E-state index is 0.659. The first-order valence-corrected chi connectivity index (χ1v) is 15.1. The summed E-state index contributed by atoms with van der Waals surface area (Å²) in [7, 11) is 0. The summed E-state index contributed by atoms with van der Waals surface area (Å²) in [5.74, 6) is 1.99. The summed E-state index contributed by atoms with van der Waals surface area (Å²) >= 11 is 1.87. The van der Waals surface area contributed by atoms with E-state index in [1.165, 1.54) is 42.4 Å². The summed E-state index contributed by atoms with van der Waals surface area (Å²) in [6.07, 6.45) is 0. The van der Waals surface area contributed by atoms with Crippen LogP contribution in [-0.4, -0.2) is 15.0 Å². The smallest absolute Gasteiger partial charge is 0.164 e. The van der Waals surface area contributed by atoms with Gasteiger partial charge < -0.3 is 0 Å². The summed E-state index contributed by atoms with van der Waals surface area (Å²) in [5.41, 5.74) is 7.80. The molecule has 0 amide bonds. The van der Waals surface area contributed by atoms with Crippen molar-refractivity contribution in [2.24, 2.45) is 0 Å². The van der Waals surface area contributed by atoms with Crippen LogP contribution in [-0.2, 0) is 0 Å². The van der Waals surface area contributed by atoms with Gasteiger partial charge in [-0.2, -0.15) is 0 Å². The van der Waals surface area contributed by atoms with Crippen LogP contribution >= 0.6 is 11.3 Å². The highest BCUT2D eigenvalue weighted by molar-refractivity contribution is 7.26. The second-order valence-electron chi connectivity index (χ2n) is 10.4. The van der Waals surface area contributed by atoms with Crippen molar-refractivity contribution < 1.29 is 0 Å². The van der Waals surface area contributed by atoms with Crippen molar-refractivity contribution in [1.82, 2.24) is 15.0 Å². The molecule has 3 nitrogen and oxygen atoms in total. The Labute approximate surface area is 253 Å². The molecule has 0 atom stereocenters. The van der Waals surface area contributed by atoms with E-state index in [0.29, 0.717) is 17.5 Å². The van der Waals surface area contributed by atoms with Crippen molar-refractivity contribution in [1.29, 1.82) is 0 Å². The van der Waals surface area contributed by atoms with Gasteiger partial charge in [0.15, 0.2) is 17.5 Å². The molecule has 4 heteroatoms. The Balaban J connectivity index is 1.23. The van der Waals surface area contributed by atoms with Crippen molar-refractivity contribution in [3.63, 3.8) is 0 Å². The Morgan fingerprint density at radius 1 is 0.302 bits per heavy atom. The number of benzene rings is 6. The maximum Gasteiger partial charge on any atom is 0.164 e. The molecule has 0 radical (unpaired) electrons. The zero-order valence-corrected chi connectivity index (χ0v) is 24.0. The van der Waals surface area contributed by atoms with Gasteiger partial charge in [-0.3, -0.25) is 0 Å². The van der Waals surface area contributed by atoms with Crippen molar-refractivity contribution in [3.05, 3.63) is 152 Å². The molecule has 8 rings (SSSR count). The number of hydrogen-bond acceptors (Lipinski definition) is 4. The van der Waals surface area contributed by atoms with Crippen molar-refractivity contribution >= 4 is 31.5 Å². The van der Waals surface area contributed by atoms with Gasteiger partial charge in [0.25, 0.3) is 0 Å². The van der Waals surface area contributed by atoms with E-state index in [-0.39, 0.29) is 0 Å². The van der Waals surface area contributed by atoms with Crippen molar-refractivity contribution in [2.75, 3.05) is 0 Å². The van der Waals surface area contributed by atoms with Crippen LogP contribution < -0.4 is 0 Å². The second-order valence-corrected chi connectivity index (χ2v) is 11.5. The molecular formula is C39H25N3S. The number of rotatable bonds is 5. The molecule has 6 aromatic carbocycles. The minimum absolute atomic E-state index is 0.659. The third kappa shape index (κ3) is 4.68. The average Bonchev–Trinajstić information content (AvgIpc) is 3.49. The van der Waals surface area contributed by atoms with Gasteiger partial charge in [0, 0.05) is 36.9 Å². The zero-order valence-electron chi connectivity index (χ0n) is 23.2. The molecule has 0 saturated heterocycles. The van der Waals surface area contributed by atoms with E-state index < -0.39 is 0 Å². The highest BCUT2D eigenvalue weighted by Crippen LogP contribution is 2.43. The fourth-order valence-electron chi connectivity index (χ4n) is 5.63. The first-order valence-electron chi connectivity index (χ1n) is 14.3. The van der Waals surface area contributed by atoms with Gasteiger partial charge in [-0.1, -0.05) is 152 Å². The fraction of sp³-hybridized carbons (Fsp3) is 0. The molecule has 0 spiro atoms. The molecule has 0 aliphatic carbocycles. The number of aromatic nitrogens is 3. The van der Waals surface area contributed by atoms with Crippen LogP contribution in [0.25, 0.3) is 76.6 Å².